The lowest BCUT2D eigenvalue weighted by Gasteiger charge is -2.05. The molecule has 0 N–H and O–H groups in total. The SMILES string of the molecule is COc1nc(OC)nc(-n2ccnc2C#N)n1. The molecule has 0 radical (unpaired) electrons. The number of aromatic nitrogens is 5. The van der Waals surface area contributed by atoms with Crippen LogP contribution in [0.3, 0.4) is 0 Å². The van der Waals surface area contributed by atoms with Crippen molar-refractivity contribution in [2.45, 2.75) is 0 Å². The summed E-state index contributed by atoms with van der Waals surface area (Å²) in [4.78, 5) is 15.7. The maximum absolute atomic E-state index is 8.85. The third kappa shape index (κ3) is 1.98. The van der Waals surface area contributed by atoms with Crippen molar-refractivity contribution in [1.82, 2.24) is 24.5 Å². The molecule has 0 spiro atoms. The fourth-order valence-electron chi connectivity index (χ4n) is 1.17. The molecule has 0 aliphatic carbocycles. The first-order chi connectivity index (χ1) is 8.28. The Hall–Kier alpha value is -2.69. The second-order valence-electron chi connectivity index (χ2n) is 2.84. The average Bonchev–Trinajstić information content (AvgIpc) is 2.86. The van der Waals surface area contributed by atoms with E-state index in [1.807, 2.05) is 6.07 Å². The maximum atomic E-state index is 8.85. The molecule has 0 bridgehead atoms. The molecule has 0 aromatic carbocycles. The van der Waals surface area contributed by atoms with Crippen molar-refractivity contribution in [3.63, 3.8) is 0 Å². The largest absolute Gasteiger partial charge is 0.467 e. The molecule has 2 aromatic rings. The quantitative estimate of drug-likeness (QED) is 0.731. The van der Waals surface area contributed by atoms with E-state index in [1.165, 1.54) is 25.0 Å². The molecule has 2 aromatic heterocycles. The first-order valence-electron chi connectivity index (χ1n) is 4.56. The normalized spacial score (nSPS) is 9.71. The van der Waals surface area contributed by atoms with Crippen molar-refractivity contribution < 1.29 is 9.47 Å². The molecule has 86 valence electrons. The lowest BCUT2D eigenvalue weighted by Crippen LogP contribution is -2.07. The zero-order valence-electron chi connectivity index (χ0n) is 9.15. The standard InChI is InChI=1S/C9H8N6O2/c1-16-8-12-7(13-9(14-8)17-2)15-4-3-11-6(15)5-10/h3-4H,1-2H3. The van der Waals surface area contributed by atoms with Gasteiger partial charge in [-0.3, -0.25) is 4.57 Å². The Morgan fingerprint density at radius 3 is 2.35 bits per heavy atom. The van der Waals surface area contributed by atoms with E-state index in [4.69, 9.17) is 14.7 Å². The molecule has 0 aliphatic heterocycles. The molecule has 0 saturated carbocycles. The Balaban J connectivity index is 2.55. The maximum Gasteiger partial charge on any atom is 0.324 e. The van der Waals surface area contributed by atoms with Crippen LogP contribution < -0.4 is 9.47 Å². The summed E-state index contributed by atoms with van der Waals surface area (Å²) in [5, 5.41) is 8.85. The van der Waals surface area contributed by atoms with Crippen molar-refractivity contribution in [2.75, 3.05) is 14.2 Å². The molecular weight excluding hydrogens is 224 g/mol. The Morgan fingerprint density at radius 2 is 1.82 bits per heavy atom. The smallest absolute Gasteiger partial charge is 0.324 e. The minimum atomic E-state index is 0.101. The average molecular weight is 232 g/mol. The van der Waals surface area contributed by atoms with Crippen LogP contribution in [0.1, 0.15) is 5.82 Å². The third-order valence-corrected chi connectivity index (χ3v) is 1.90. The zero-order chi connectivity index (χ0) is 12.3. The zero-order valence-corrected chi connectivity index (χ0v) is 9.15. The van der Waals surface area contributed by atoms with Gasteiger partial charge in [0.05, 0.1) is 14.2 Å². The lowest BCUT2D eigenvalue weighted by atomic mass is 10.6. The van der Waals surface area contributed by atoms with Gasteiger partial charge >= 0.3 is 12.0 Å². The van der Waals surface area contributed by atoms with E-state index < -0.39 is 0 Å². The third-order valence-electron chi connectivity index (χ3n) is 1.90. The topological polar surface area (TPSA) is 98.7 Å². The van der Waals surface area contributed by atoms with Gasteiger partial charge in [0.25, 0.3) is 0 Å². The molecule has 17 heavy (non-hydrogen) atoms. The molecule has 0 saturated heterocycles. The monoisotopic (exact) mass is 232 g/mol. The minimum Gasteiger partial charge on any atom is -0.467 e. The number of nitriles is 1. The molecule has 2 rings (SSSR count). The van der Waals surface area contributed by atoms with Crippen LogP contribution >= 0.6 is 0 Å². The van der Waals surface area contributed by atoms with E-state index in [2.05, 4.69) is 19.9 Å². The van der Waals surface area contributed by atoms with Crippen LogP contribution in [-0.2, 0) is 0 Å². The number of nitrogens with zero attached hydrogens (tertiary/aromatic N) is 6. The number of methoxy groups -OCH3 is 2. The predicted molar refractivity (Wildman–Crippen MR) is 54.8 cm³/mol. The molecule has 0 unspecified atom stereocenters. The van der Waals surface area contributed by atoms with Crippen LogP contribution in [0.25, 0.3) is 5.95 Å². The Kier molecular flexibility index (Phi) is 2.83. The first-order valence-corrected chi connectivity index (χ1v) is 4.56. The van der Waals surface area contributed by atoms with Gasteiger partial charge in [-0.2, -0.15) is 15.2 Å². The molecule has 8 heteroatoms. The molecular formula is C9H8N6O2. The van der Waals surface area contributed by atoms with E-state index in [0.717, 1.165) is 0 Å². The van der Waals surface area contributed by atoms with Gasteiger partial charge < -0.3 is 9.47 Å². The minimum absolute atomic E-state index is 0.101. The number of ether oxygens (including phenoxy) is 2. The van der Waals surface area contributed by atoms with Crippen LogP contribution in [0.5, 0.6) is 12.0 Å². The number of hydrogen-bond acceptors (Lipinski definition) is 7. The molecule has 8 nitrogen and oxygen atoms in total. The number of rotatable bonds is 3. The number of imidazole rings is 1. The van der Waals surface area contributed by atoms with Crippen molar-refractivity contribution >= 4 is 0 Å². The molecule has 0 atom stereocenters. The summed E-state index contributed by atoms with van der Waals surface area (Å²) in [7, 11) is 2.86. The van der Waals surface area contributed by atoms with Crippen molar-refractivity contribution in [3.05, 3.63) is 18.2 Å². The van der Waals surface area contributed by atoms with E-state index in [1.54, 1.807) is 6.20 Å². The van der Waals surface area contributed by atoms with Gasteiger partial charge in [0.1, 0.15) is 6.07 Å². The Morgan fingerprint density at radius 1 is 1.18 bits per heavy atom. The Bertz CT molecular complexity index is 551. The lowest BCUT2D eigenvalue weighted by molar-refractivity contribution is 0.338. The highest BCUT2D eigenvalue weighted by Crippen LogP contribution is 2.13. The summed E-state index contributed by atoms with van der Waals surface area (Å²) in [6, 6.07) is 2.12. The van der Waals surface area contributed by atoms with E-state index in [-0.39, 0.29) is 23.8 Å². The summed E-state index contributed by atoms with van der Waals surface area (Å²) in [6.45, 7) is 0. The highest BCUT2D eigenvalue weighted by molar-refractivity contribution is 5.25. The van der Waals surface area contributed by atoms with E-state index in [0.29, 0.717) is 0 Å². The van der Waals surface area contributed by atoms with Gasteiger partial charge in [0, 0.05) is 12.4 Å². The van der Waals surface area contributed by atoms with Crippen molar-refractivity contribution in [1.29, 1.82) is 5.26 Å². The van der Waals surface area contributed by atoms with E-state index >= 15 is 0 Å². The molecule has 2 heterocycles. The molecule has 0 fully saturated rings. The summed E-state index contributed by atoms with van der Waals surface area (Å²) in [5.74, 6) is 0.378. The van der Waals surface area contributed by atoms with Gasteiger partial charge in [0.2, 0.25) is 11.8 Å². The second kappa shape index (κ2) is 4.44. The summed E-state index contributed by atoms with van der Waals surface area (Å²) < 4.78 is 11.2. The Labute approximate surface area is 96.5 Å². The summed E-state index contributed by atoms with van der Waals surface area (Å²) in [5.41, 5.74) is 0. The summed E-state index contributed by atoms with van der Waals surface area (Å²) >= 11 is 0. The fraction of sp³-hybridized carbons (Fsp3) is 0.222. The molecule has 0 amide bonds. The van der Waals surface area contributed by atoms with E-state index in [9.17, 15) is 0 Å². The van der Waals surface area contributed by atoms with Crippen LogP contribution in [0, 0.1) is 11.3 Å². The highest BCUT2D eigenvalue weighted by Gasteiger charge is 2.11. The molecule has 0 aliphatic rings. The van der Waals surface area contributed by atoms with Gasteiger partial charge in [0.15, 0.2) is 0 Å². The van der Waals surface area contributed by atoms with Crippen molar-refractivity contribution in [2.24, 2.45) is 0 Å². The fourth-order valence-corrected chi connectivity index (χ4v) is 1.17. The van der Waals surface area contributed by atoms with Crippen LogP contribution in [0.2, 0.25) is 0 Å². The van der Waals surface area contributed by atoms with Gasteiger partial charge in [-0.15, -0.1) is 4.98 Å². The first kappa shape index (κ1) is 10.8. The predicted octanol–water partition coefficient (Wildman–Crippen LogP) is -0.0538. The van der Waals surface area contributed by atoms with Crippen molar-refractivity contribution in [3.8, 4) is 24.0 Å². The highest BCUT2D eigenvalue weighted by atomic mass is 16.5. The van der Waals surface area contributed by atoms with Gasteiger partial charge in [-0.1, -0.05) is 0 Å². The van der Waals surface area contributed by atoms with Gasteiger partial charge in [-0.05, 0) is 0 Å². The van der Waals surface area contributed by atoms with Crippen LogP contribution in [-0.4, -0.2) is 38.7 Å². The number of hydrogen-bond donors (Lipinski definition) is 0. The second-order valence-corrected chi connectivity index (χ2v) is 2.84. The van der Waals surface area contributed by atoms with Gasteiger partial charge in [-0.25, -0.2) is 4.98 Å². The van der Waals surface area contributed by atoms with Crippen LogP contribution in [0.15, 0.2) is 12.4 Å². The van der Waals surface area contributed by atoms with Crippen LogP contribution in [0.4, 0.5) is 0 Å². The summed E-state index contributed by atoms with van der Waals surface area (Å²) in [6.07, 6.45) is 3.04.